The maximum atomic E-state index is 12.4. The highest BCUT2D eigenvalue weighted by atomic mass is 35.5. The number of halogens is 1. The first-order valence-corrected chi connectivity index (χ1v) is 7.89. The van der Waals surface area contributed by atoms with E-state index < -0.39 is 10.8 Å². The molecule has 8 nitrogen and oxygen atoms in total. The van der Waals surface area contributed by atoms with Gasteiger partial charge >= 0.3 is 0 Å². The Hall–Kier alpha value is -2.84. The molecular formula is C17H17ClN2O6. The number of anilines is 1. The molecule has 0 radical (unpaired) electrons. The molecule has 0 aliphatic heterocycles. The summed E-state index contributed by atoms with van der Waals surface area (Å²) in [6.45, 7) is 0.684. The van der Waals surface area contributed by atoms with Crippen molar-refractivity contribution in [2.75, 3.05) is 32.8 Å². The van der Waals surface area contributed by atoms with Gasteiger partial charge in [0, 0.05) is 30.0 Å². The van der Waals surface area contributed by atoms with Crippen LogP contribution in [0.2, 0.25) is 5.02 Å². The summed E-state index contributed by atoms with van der Waals surface area (Å²) >= 11 is 5.76. The molecule has 0 bridgehead atoms. The van der Waals surface area contributed by atoms with Crippen LogP contribution in [-0.2, 0) is 4.74 Å². The molecule has 0 saturated carbocycles. The minimum Gasteiger partial charge on any atom is -0.493 e. The Morgan fingerprint density at radius 1 is 1.15 bits per heavy atom. The molecule has 2 aromatic carbocycles. The molecule has 0 heterocycles. The SMILES string of the molecule is COCCOc1cc(NC(=O)c2ccc(Cl)cc2[N+](=O)[O-])ccc1OC. The van der Waals surface area contributed by atoms with E-state index in [0.717, 1.165) is 6.07 Å². The van der Waals surface area contributed by atoms with Crippen molar-refractivity contribution in [2.24, 2.45) is 0 Å². The second-order valence-corrected chi connectivity index (χ2v) is 5.52. The molecule has 0 spiro atoms. The number of benzene rings is 2. The first-order chi connectivity index (χ1) is 12.5. The molecule has 0 unspecified atom stereocenters. The van der Waals surface area contributed by atoms with Crippen molar-refractivity contribution in [2.45, 2.75) is 0 Å². The van der Waals surface area contributed by atoms with E-state index in [2.05, 4.69) is 5.32 Å². The summed E-state index contributed by atoms with van der Waals surface area (Å²) in [5.41, 5.74) is -0.0791. The van der Waals surface area contributed by atoms with E-state index in [1.165, 1.54) is 19.2 Å². The van der Waals surface area contributed by atoms with Gasteiger partial charge in [-0.15, -0.1) is 0 Å². The van der Waals surface area contributed by atoms with Crippen molar-refractivity contribution < 1.29 is 23.9 Å². The number of hydrogen-bond donors (Lipinski definition) is 1. The highest BCUT2D eigenvalue weighted by molar-refractivity contribution is 6.31. The third kappa shape index (κ3) is 4.84. The number of amides is 1. The number of nitrogens with one attached hydrogen (secondary N) is 1. The lowest BCUT2D eigenvalue weighted by molar-refractivity contribution is -0.385. The van der Waals surface area contributed by atoms with E-state index in [9.17, 15) is 14.9 Å². The Bertz CT molecular complexity index is 812. The monoisotopic (exact) mass is 380 g/mol. The maximum Gasteiger partial charge on any atom is 0.283 e. The van der Waals surface area contributed by atoms with Gasteiger partial charge in [0.25, 0.3) is 11.6 Å². The van der Waals surface area contributed by atoms with Gasteiger partial charge in [-0.25, -0.2) is 0 Å². The molecule has 0 aliphatic rings. The Morgan fingerprint density at radius 2 is 1.92 bits per heavy atom. The Labute approximate surface area is 154 Å². The van der Waals surface area contributed by atoms with Gasteiger partial charge in [0.05, 0.1) is 18.6 Å². The minimum atomic E-state index is -0.659. The zero-order valence-corrected chi connectivity index (χ0v) is 14.9. The molecule has 0 aliphatic carbocycles. The molecule has 0 atom stereocenters. The quantitative estimate of drug-likeness (QED) is 0.427. The number of nitro groups is 1. The lowest BCUT2D eigenvalue weighted by Gasteiger charge is -2.13. The molecule has 0 fully saturated rings. The van der Waals surface area contributed by atoms with E-state index in [1.807, 2.05) is 0 Å². The Kier molecular flexibility index (Phi) is 6.76. The van der Waals surface area contributed by atoms with Crippen LogP contribution in [0.1, 0.15) is 10.4 Å². The Balaban J connectivity index is 2.24. The van der Waals surface area contributed by atoms with Crippen LogP contribution >= 0.6 is 11.6 Å². The highest BCUT2D eigenvalue weighted by Gasteiger charge is 2.21. The molecular weight excluding hydrogens is 364 g/mol. The minimum absolute atomic E-state index is 0.0999. The van der Waals surface area contributed by atoms with Gasteiger partial charge in [-0.3, -0.25) is 14.9 Å². The van der Waals surface area contributed by atoms with Gasteiger partial charge in [0.15, 0.2) is 11.5 Å². The molecule has 26 heavy (non-hydrogen) atoms. The van der Waals surface area contributed by atoms with E-state index >= 15 is 0 Å². The number of rotatable bonds is 8. The van der Waals surface area contributed by atoms with E-state index in [0.29, 0.717) is 30.4 Å². The van der Waals surface area contributed by atoms with Gasteiger partial charge in [-0.05, 0) is 24.3 Å². The van der Waals surface area contributed by atoms with Crippen LogP contribution in [0.5, 0.6) is 11.5 Å². The van der Waals surface area contributed by atoms with Crippen molar-refractivity contribution in [1.29, 1.82) is 0 Å². The van der Waals surface area contributed by atoms with Crippen molar-refractivity contribution in [3.63, 3.8) is 0 Å². The summed E-state index contributed by atoms with van der Waals surface area (Å²) in [7, 11) is 3.05. The number of methoxy groups -OCH3 is 2. The average Bonchev–Trinajstić information content (AvgIpc) is 2.62. The Morgan fingerprint density at radius 3 is 2.58 bits per heavy atom. The van der Waals surface area contributed by atoms with Crippen molar-refractivity contribution >= 4 is 28.9 Å². The van der Waals surface area contributed by atoms with Crippen LogP contribution in [0.4, 0.5) is 11.4 Å². The largest absolute Gasteiger partial charge is 0.493 e. The highest BCUT2D eigenvalue weighted by Crippen LogP contribution is 2.31. The summed E-state index contributed by atoms with van der Waals surface area (Å²) in [6, 6.07) is 8.62. The second-order valence-electron chi connectivity index (χ2n) is 5.08. The topological polar surface area (TPSA) is 99.9 Å². The maximum absolute atomic E-state index is 12.4. The zero-order valence-electron chi connectivity index (χ0n) is 14.2. The number of nitro benzene ring substituents is 1. The molecule has 9 heteroatoms. The summed E-state index contributed by atoms with van der Waals surface area (Å²) in [4.78, 5) is 22.9. The van der Waals surface area contributed by atoms with Crippen LogP contribution in [0.3, 0.4) is 0 Å². The molecule has 2 aromatic rings. The number of ether oxygens (including phenoxy) is 3. The molecule has 1 N–H and O–H groups in total. The van der Waals surface area contributed by atoms with Gasteiger partial charge < -0.3 is 19.5 Å². The standard InChI is InChI=1S/C17H17ClN2O6/c1-24-7-8-26-16-10-12(4-6-15(16)25-2)19-17(21)13-5-3-11(18)9-14(13)20(22)23/h3-6,9-10H,7-8H2,1-2H3,(H,19,21). The fourth-order valence-corrected chi connectivity index (χ4v) is 2.31. The van der Waals surface area contributed by atoms with Gasteiger partial charge in [-0.1, -0.05) is 11.6 Å². The van der Waals surface area contributed by atoms with Crippen molar-refractivity contribution in [3.8, 4) is 11.5 Å². The van der Waals surface area contributed by atoms with Gasteiger partial charge in [0.2, 0.25) is 0 Å². The molecule has 0 aromatic heterocycles. The van der Waals surface area contributed by atoms with E-state index in [1.54, 1.807) is 25.3 Å². The predicted molar refractivity (Wildman–Crippen MR) is 96.4 cm³/mol. The zero-order chi connectivity index (χ0) is 19.1. The average molecular weight is 381 g/mol. The van der Waals surface area contributed by atoms with Gasteiger partial charge in [0.1, 0.15) is 12.2 Å². The second kappa shape index (κ2) is 9.02. The number of carbonyl (C=O) groups excluding carboxylic acids is 1. The van der Waals surface area contributed by atoms with Crippen molar-refractivity contribution in [1.82, 2.24) is 0 Å². The molecule has 138 valence electrons. The number of hydrogen-bond acceptors (Lipinski definition) is 6. The van der Waals surface area contributed by atoms with Crippen LogP contribution in [0.15, 0.2) is 36.4 Å². The fourth-order valence-electron chi connectivity index (χ4n) is 2.15. The summed E-state index contributed by atoms with van der Waals surface area (Å²) in [5.74, 6) is 0.255. The van der Waals surface area contributed by atoms with Crippen LogP contribution in [0.25, 0.3) is 0 Å². The first kappa shape index (κ1) is 19.5. The normalized spacial score (nSPS) is 10.3. The van der Waals surface area contributed by atoms with Crippen LogP contribution in [0, 0.1) is 10.1 Å². The van der Waals surface area contributed by atoms with Crippen LogP contribution in [-0.4, -0.2) is 38.3 Å². The van der Waals surface area contributed by atoms with E-state index in [-0.39, 0.29) is 16.3 Å². The van der Waals surface area contributed by atoms with Crippen molar-refractivity contribution in [3.05, 3.63) is 57.1 Å². The summed E-state index contributed by atoms with van der Waals surface area (Å²) < 4.78 is 15.7. The third-order valence-corrected chi connectivity index (χ3v) is 3.60. The smallest absolute Gasteiger partial charge is 0.283 e. The van der Waals surface area contributed by atoms with Crippen LogP contribution < -0.4 is 14.8 Å². The number of nitrogens with zero attached hydrogens (tertiary/aromatic N) is 1. The molecule has 1 amide bonds. The number of carbonyl (C=O) groups is 1. The molecule has 0 saturated heterocycles. The van der Waals surface area contributed by atoms with E-state index in [4.69, 9.17) is 25.8 Å². The third-order valence-electron chi connectivity index (χ3n) is 3.37. The molecule has 2 rings (SSSR count). The first-order valence-electron chi connectivity index (χ1n) is 7.51. The van der Waals surface area contributed by atoms with Gasteiger partial charge in [-0.2, -0.15) is 0 Å². The lowest BCUT2D eigenvalue weighted by Crippen LogP contribution is -2.14. The fraction of sp³-hybridized carbons (Fsp3) is 0.235. The summed E-state index contributed by atoms with van der Waals surface area (Å²) in [5, 5.41) is 13.9. The summed E-state index contributed by atoms with van der Waals surface area (Å²) in [6.07, 6.45) is 0. The lowest BCUT2D eigenvalue weighted by atomic mass is 10.1. The predicted octanol–water partition coefficient (Wildman–Crippen LogP) is 3.53.